The fourth-order valence-corrected chi connectivity index (χ4v) is 2.52. The zero-order valence-electron chi connectivity index (χ0n) is 11.9. The van der Waals surface area contributed by atoms with Crippen LogP contribution in [0.2, 0.25) is 0 Å². The minimum absolute atomic E-state index is 0.0577. The fourth-order valence-electron chi connectivity index (χ4n) is 2.18. The number of carbonyl (C=O) groups is 1. The van der Waals surface area contributed by atoms with Crippen molar-refractivity contribution in [1.29, 1.82) is 0 Å². The Kier molecular flexibility index (Phi) is 4.60. The highest BCUT2D eigenvalue weighted by atomic mass is 32.1. The second-order valence-electron chi connectivity index (χ2n) is 4.77. The van der Waals surface area contributed by atoms with Gasteiger partial charge in [-0.3, -0.25) is 0 Å². The topological polar surface area (TPSA) is 38.8 Å². The highest BCUT2D eigenvalue weighted by molar-refractivity contribution is 7.80. The van der Waals surface area contributed by atoms with E-state index in [0.29, 0.717) is 13.0 Å². The van der Waals surface area contributed by atoms with E-state index in [0.717, 1.165) is 12.1 Å². The van der Waals surface area contributed by atoms with Crippen molar-refractivity contribution in [2.24, 2.45) is 0 Å². The molecule has 1 aromatic carbocycles. The number of ether oxygens (including phenoxy) is 2. The predicted octanol–water partition coefficient (Wildman–Crippen LogP) is 2.64. The van der Waals surface area contributed by atoms with Crippen LogP contribution in [0.1, 0.15) is 17.5 Å². The first kappa shape index (κ1) is 16.5. The van der Waals surface area contributed by atoms with Crippen molar-refractivity contribution in [2.45, 2.75) is 18.6 Å². The number of benzene rings is 1. The van der Waals surface area contributed by atoms with Crippen molar-refractivity contribution in [1.82, 2.24) is 4.90 Å². The maximum absolute atomic E-state index is 12.9. The lowest BCUT2D eigenvalue weighted by Gasteiger charge is -2.40. The molecule has 1 fully saturated rings. The van der Waals surface area contributed by atoms with Crippen molar-refractivity contribution < 1.29 is 27.4 Å². The molecule has 0 bridgehead atoms. The van der Waals surface area contributed by atoms with Crippen LogP contribution in [0.3, 0.4) is 0 Å². The molecule has 1 atom stereocenters. The molecule has 1 saturated heterocycles. The molecule has 0 saturated carbocycles. The Hall–Kier alpha value is -1.83. The van der Waals surface area contributed by atoms with Gasteiger partial charge in [0.1, 0.15) is 16.8 Å². The molecule has 120 valence electrons. The molecule has 0 amide bonds. The number of rotatable bonds is 3. The molecule has 0 aliphatic carbocycles. The van der Waals surface area contributed by atoms with Crippen molar-refractivity contribution in [3.8, 4) is 5.75 Å². The maximum Gasteiger partial charge on any atom is 0.416 e. The Labute approximate surface area is 130 Å². The normalized spacial score (nSPS) is 17.7. The molecule has 0 aromatic heterocycles. The standard InChI is InChI=1S/C14H14F3NO3S/c1-20-10-6-8(5-9(7-10)14(15,16)17)12(22)18-4-3-11(18)13(19)21-2/h5-7,11H,3-4H2,1-2H3. The van der Waals surface area contributed by atoms with E-state index in [-0.39, 0.29) is 16.3 Å². The van der Waals surface area contributed by atoms with E-state index in [9.17, 15) is 18.0 Å². The monoisotopic (exact) mass is 333 g/mol. The van der Waals surface area contributed by atoms with Crippen LogP contribution in [0, 0.1) is 0 Å². The fraction of sp³-hybridized carbons (Fsp3) is 0.429. The summed E-state index contributed by atoms with van der Waals surface area (Å²) in [7, 11) is 2.54. The van der Waals surface area contributed by atoms with Crippen molar-refractivity contribution in [3.63, 3.8) is 0 Å². The smallest absolute Gasteiger partial charge is 0.416 e. The van der Waals surface area contributed by atoms with Gasteiger partial charge in [-0.25, -0.2) is 4.79 Å². The number of hydrogen-bond donors (Lipinski definition) is 0. The zero-order chi connectivity index (χ0) is 16.5. The summed E-state index contributed by atoms with van der Waals surface area (Å²) < 4.78 is 48.3. The van der Waals surface area contributed by atoms with Gasteiger partial charge in [-0.05, 0) is 24.6 Å². The van der Waals surface area contributed by atoms with Crippen LogP contribution in [-0.4, -0.2) is 42.7 Å². The third kappa shape index (κ3) is 3.16. The van der Waals surface area contributed by atoms with E-state index in [1.807, 2.05) is 0 Å². The summed E-state index contributed by atoms with van der Waals surface area (Å²) >= 11 is 5.22. The number of halogens is 3. The number of esters is 1. The average Bonchev–Trinajstić information content (AvgIpc) is 2.44. The van der Waals surface area contributed by atoms with Gasteiger partial charge >= 0.3 is 12.1 Å². The average molecular weight is 333 g/mol. The number of alkyl halides is 3. The third-order valence-corrected chi connectivity index (χ3v) is 3.94. The lowest BCUT2D eigenvalue weighted by atomic mass is 10.0. The summed E-state index contributed by atoms with van der Waals surface area (Å²) in [5.74, 6) is -0.394. The predicted molar refractivity (Wildman–Crippen MR) is 76.8 cm³/mol. The quantitative estimate of drug-likeness (QED) is 0.628. The minimum Gasteiger partial charge on any atom is -0.497 e. The highest BCUT2D eigenvalue weighted by Crippen LogP contribution is 2.34. The molecule has 1 unspecified atom stereocenters. The van der Waals surface area contributed by atoms with Gasteiger partial charge < -0.3 is 14.4 Å². The van der Waals surface area contributed by atoms with E-state index < -0.39 is 23.8 Å². The van der Waals surface area contributed by atoms with Crippen LogP contribution in [0.25, 0.3) is 0 Å². The van der Waals surface area contributed by atoms with Crippen LogP contribution in [0.5, 0.6) is 5.75 Å². The number of nitrogens with zero attached hydrogens (tertiary/aromatic N) is 1. The van der Waals surface area contributed by atoms with Crippen LogP contribution in [0.4, 0.5) is 13.2 Å². The van der Waals surface area contributed by atoms with Crippen LogP contribution < -0.4 is 4.74 Å². The van der Waals surface area contributed by atoms with Crippen molar-refractivity contribution in [2.75, 3.05) is 20.8 Å². The third-order valence-electron chi connectivity index (χ3n) is 3.47. The molecule has 8 heteroatoms. The largest absolute Gasteiger partial charge is 0.497 e. The van der Waals surface area contributed by atoms with Crippen molar-refractivity contribution >= 4 is 23.2 Å². The number of thiocarbonyl (C=S) groups is 1. The van der Waals surface area contributed by atoms with Crippen LogP contribution in [0.15, 0.2) is 18.2 Å². The van der Waals surface area contributed by atoms with Crippen LogP contribution >= 0.6 is 12.2 Å². The van der Waals surface area contributed by atoms with Gasteiger partial charge in [-0.1, -0.05) is 12.2 Å². The summed E-state index contributed by atoms with van der Waals surface area (Å²) in [6.07, 6.45) is -3.95. The zero-order valence-corrected chi connectivity index (χ0v) is 12.8. The Bertz CT molecular complexity index is 603. The molecule has 0 spiro atoms. The van der Waals surface area contributed by atoms with Gasteiger partial charge in [0.05, 0.1) is 19.8 Å². The van der Waals surface area contributed by atoms with Crippen LogP contribution in [-0.2, 0) is 15.7 Å². The van der Waals surface area contributed by atoms with Gasteiger partial charge in [-0.15, -0.1) is 0 Å². The summed E-state index contributed by atoms with van der Waals surface area (Å²) in [4.78, 5) is 13.3. The first-order valence-electron chi connectivity index (χ1n) is 6.43. The molecule has 1 aliphatic heterocycles. The molecule has 1 heterocycles. The molecule has 0 N–H and O–H groups in total. The van der Waals surface area contributed by atoms with E-state index >= 15 is 0 Å². The molecule has 22 heavy (non-hydrogen) atoms. The minimum atomic E-state index is -4.50. The Morgan fingerprint density at radius 1 is 1.32 bits per heavy atom. The van der Waals surface area contributed by atoms with Gasteiger partial charge in [0, 0.05) is 12.1 Å². The van der Waals surface area contributed by atoms with E-state index in [4.69, 9.17) is 17.0 Å². The molecule has 2 rings (SSSR count). The van der Waals surface area contributed by atoms with Gasteiger partial charge in [-0.2, -0.15) is 13.2 Å². The Morgan fingerprint density at radius 2 is 2.00 bits per heavy atom. The van der Waals surface area contributed by atoms with Gasteiger partial charge in [0.25, 0.3) is 0 Å². The first-order chi connectivity index (χ1) is 10.3. The van der Waals surface area contributed by atoms with E-state index in [2.05, 4.69) is 4.74 Å². The lowest BCUT2D eigenvalue weighted by molar-refractivity contribution is -0.148. The SMILES string of the molecule is COC(=O)C1CCN1C(=S)c1cc(OC)cc(C(F)(F)F)c1. The summed E-state index contributed by atoms with van der Waals surface area (Å²) in [5.41, 5.74) is -0.658. The number of methoxy groups -OCH3 is 2. The molecular formula is C14H14F3NO3S. The van der Waals surface area contributed by atoms with E-state index in [1.165, 1.54) is 20.3 Å². The summed E-state index contributed by atoms with van der Waals surface area (Å²) in [6.45, 7) is 0.497. The number of carbonyl (C=O) groups excluding carboxylic acids is 1. The summed E-state index contributed by atoms with van der Waals surface area (Å²) in [5, 5.41) is 0. The van der Waals surface area contributed by atoms with E-state index in [1.54, 1.807) is 4.90 Å². The first-order valence-corrected chi connectivity index (χ1v) is 6.84. The molecule has 1 aromatic rings. The highest BCUT2D eigenvalue weighted by Gasteiger charge is 2.38. The second kappa shape index (κ2) is 6.12. The van der Waals surface area contributed by atoms with Gasteiger partial charge in [0.2, 0.25) is 0 Å². The maximum atomic E-state index is 12.9. The van der Waals surface area contributed by atoms with Gasteiger partial charge in [0.15, 0.2) is 0 Å². The number of hydrogen-bond acceptors (Lipinski definition) is 4. The second-order valence-corrected chi connectivity index (χ2v) is 5.16. The number of likely N-dealkylation sites (tertiary alicyclic amines) is 1. The molecule has 4 nitrogen and oxygen atoms in total. The molecule has 1 aliphatic rings. The lowest BCUT2D eigenvalue weighted by Crippen LogP contribution is -2.55. The Morgan fingerprint density at radius 3 is 2.45 bits per heavy atom. The summed E-state index contributed by atoms with van der Waals surface area (Å²) in [6, 6.07) is 2.74. The molecular weight excluding hydrogens is 319 g/mol. The Balaban J connectivity index is 2.32. The van der Waals surface area contributed by atoms with Crippen molar-refractivity contribution in [3.05, 3.63) is 29.3 Å². The molecule has 0 radical (unpaired) electrons.